The summed E-state index contributed by atoms with van der Waals surface area (Å²) < 4.78 is 0. The van der Waals surface area contributed by atoms with Crippen molar-refractivity contribution >= 4 is 17.9 Å². The lowest BCUT2D eigenvalue weighted by atomic mass is 10.0. The van der Waals surface area contributed by atoms with Gasteiger partial charge < -0.3 is 10.2 Å². The molecule has 4 heteroatoms. The van der Waals surface area contributed by atoms with E-state index in [2.05, 4.69) is 4.99 Å². The fourth-order valence-corrected chi connectivity index (χ4v) is 2.27. The molecule has 0 atom stereocenters. The fourth-order valence-electron chi connectivity index (χ4n) is 2.27. The van der Waals surface area contributed by atoms with E-state index in [0.717, 1.165) is 43.2 Å². The molecule has 4 nitrogen and oxygen atoms in total. The Morgan fingerprint density at radius 2 is 1.91 bits per heavy atom. The van der Waals surface area contributed by atoms with Crippen LogP contribution in [0.1, 0.15) is 67.4 Å². The van der Waals surface area contributed by atoms with E-state index in [1.54, 1.807) is 12.3 Å². The molecule has 1 aromatic rings. The Morgan fingerprint density at radius 1 is 1.23 bits per heavy atom. The Morgan fingerprint density at radius 3 is 2.50 bits per heavy atom. The summed E-state index contributed by atoms with van der Waals surface area (Å²) in [6.45, 7) is 7.50. The maximum atomic E-state index is 11.3. The van der Waals surface area contributed by atoms with Crippen LogP contribution < -0.4 is 0 Å². The molecular formula is C18H27NO3. The summed E-state index contributed by atoms with van der Waals surface area (Å²) in [6.07, 6.45) is 6.43. The van der Waals surface area contributed by atoms with Gasteiger partial charge in [-0.3, -0.25) is 4.99 Å². The van der Waals surface area contributed by atoms with Gasteiger partial charge in [-0.05, 0) is 64.2 Å². The molecule has 0 saturated carbocycles. The molecule has 0 fully saturated rings. The van der Waals surface area contributed by atoms with E-state index in [4.69, 9.17) is 0 Å². The predicted molar refractivity (Wildman–Crippen MR) is 90.4 cm³/mol. The summed E-state index contributed by atoms with van der Waals surface area (Å²) in [6, 6.07) is 3.43. The Hall–Kier alpha value is -1.68. The molecule has 0 radical (unpaired) electrons. The van der Waals surface area contributed by atoms with Gasteiger partial charge in [-0.25, -0.2) is 4.79 Å². The summed E-state index contributed by atoms with van der Waals surface area (Å²) in [5.74, 6) is -0.944. The van der Waals surface area contributed by atoms with Crippen LogP contribution in [-0.2, 0) is 0 Å². The van der Waals surface area contributed by atoms with Crippen LogP contribution in [-0.4, -0.2) is 28.0 Å². The van der Waals surface area contributed by atoms with Gasteiger partial charge in [-0.15, -0.1) is 0 Å². The lowest BCUT2D eigenvalue weighted by Crippen LogP contribution is -2.17. The van der Waals surface area contributed by atoms with E-state index in [-0.39, 0.29) is 5.56 Å². The topological polar surface area (TPSA) is 69.9 Å². The third-order valence-electron chi connectivity index (χ3n) is 3.77. The van der Waals surface area contributed by atoms with Gasteiger partial charge in [0.2, 0.25) is 0 Å². The smallest absolute Gasteiger partial charge is 0.337 e. The van der Waals surface area contributed by atoms with Crippen molar-refractivity contribution in [3.63, 3.8) is 0 Å². The molecule has 0 aromatic heterocycles. The summed E-state index contributed by atoms with van der Waals surface area (Å²) in [5.41, 5.74) is 2.18. The first kappa shape index (κ1) is 18.4. The third kappa shape index (κ3) is 5.98. The molecule has 0 aliphatic rings. The van der Waals surface area contributed by atoms with Crippen molar-refractivity contribution in [1.29, 1.82) is 0 Å². The molecule has 0 bridgehead atoms. The highest BCUT2D eigenvalue weighted by Gasteiger charge is 2.13. The summed E-state index contributed by atoms with van der Waals surface area (Å²) in [4.78, 5) is 15.6. The molecule has 0 aliphatic carbocycles. The van der Waals surface area contributed by atoms with E-state index in [0.29, 0.717) is 5.69 Å². The van der Waals surface area contributed by atoms with Crippen molar-refractivity contribution in [2.45, 2.75) is 65.4 Å². The number of aliphatic imine (C=N–C) groups is 1. The van der Waals surface area contributed by atoms with Gasteiger partial charge >= 0.3 is 5.97 Å². The molecule has 0 heterocycles. The van der Waals surface area contributed by atoms with Crippen LogP contribution in [0.3, 0.4) is 0 Å². The number of aliphatic hydroxyl groups is 1. The summed E-state index contributed by atoms with van der Waals surface area (Å²) >= 11 is 0. The fraction of sp³-hybridized carbons (Fsp3) is 0.556. The van der Waals surface area contributed by atoms with Crippen molar-refractivity contribution in [3.8, 4) is 0 Å². The predicted octanol–water partition coefficient (Wildman–Crippen LogP) is 4.43. The van der Waals surface area contributed by atoms with Crippen molar-refractivity contribution in [1.82, 2.24) is 0 Å². The number of hydrogen-bond donors (Lipinski definition) is 2. The zero-order valence-electron chi connectivity index (χ0n) is 14.0. The number of aryl methyl sites for hydroxylation is 1. The van der Waals surface area contributed by atoms with E-state index < -0.39 is 11.6 Å². The lowest BCUT2D eigenvalue weighted by Gasteiger charge is -2.15. The number of carboxylic acids is 1. The molecule has 122 valence electrons. The molecule has 22 heavy (non-hydrogen) atoms. The van der Waals surface area contributed by atoms with Gasteiger partial charge in [0.1, 0.15) is 0 Å². The number of nitrogens with zero attached hydrogens (tertiary/aromatic N) is 1. The molecular weight excluding hydrogens is 278 g/mol. The second kappa shape index (κ2) is 8.08. The quantitative estimate of drug-likeness (QED) is 0.551. The van der Waals surface area contributed by atoms with Crippen LogP contribution in [0.4, 0.5) is 5.69 Å². The SMILES string of the molecule is Cc1ccc(C(=O)O)c(N=CCCCCCC(C)(C)O)c1C. The third-order valence-corrected chi connectivity index (χ3v) is 3.77. The van der Waals surface area contributed by atoms with E-state index in [9.17, 15) is 15.0 Å². The average molecular weight is 305 g/mol. The number of benzene rings is 1. The minimum atomic E-state index is -0.944. The molecule has 2 N–H and O–H groups in total. The number of rotatable bonds is 8. The number of carboxylic acid groups (broad SMARTS) is 1. The van der Waals surface area contributed by atoms with Gasteiger partial charge in [0.25, 0.3) is 0 Å². The number of unbranched alkanes of at least 4 members (excludes halogenated alkanes) is 3. The Bertz CT molecular complexity index is 542. The van der Waals surface area contributed by atoms with Gasteiger partial charge in [-0.2, -0.15) is 0 Å². The zero-order chi connectivity index (χ0) is 16.8. The minimum absolute atomic E-state index is 0.251. The maximum Gasteiger partial charge on any atom is 0.337 e. The summed E-state index contributed by atoms with van der Waals surface area (Å²) in [5, 5.41) is 18.9. The Kier molecular flexibility index (Phi) is 6.75. The van der Waals surface area contributed by atoms with Crippen molar-refractivity contribution in [2.75, 3.05) is 0 Å². The van der Waals surface area contributed by atoms with Crippen molar-refractivity contribution in [2.24, 2.45) is 4.99 Å². The number of hydrogen-bond acceptors (Lipinski definition) is 3. The maximum absolute atomic E-state index is 11.3. The lowest BCUT2D eigenvalue weighted by molar-refractivity contribution is 0.0678. The van der Waals surface area contributed by atoms with Crippen LogP contribution in [0, 0.1) is 13.8 Å². The highest BCUT2D eigenvalue weighted by atomic mass is 16.4. The second-order valence-electron chi connectivity index (χ2n) is 6.43. The van der Waals surface area contributed by atoms with Gasteiger partial charge in [0, 0.05) is 6.21 Å². The zero-order valence-corrected chi connectivity index (χ0v) is 14.0. The van der Waals surface area contributed by atoms with E-state index in [1.807, 2.05) is 33.8 Å². The highest BCUT2D eigenvalue weighted by molar-refractivity contribution is 5.95. The van der Waals surface area contributed by atoms with Crippen molar-refractivity contribution < 1.29 is 15.0 Å². The van der Waals surface area contributed by atoms with Gasteiger partial charge in [-0.1, -0.05) is 18.9 Å². The Labute approximate surface area is 132 Å². The minimum Gasteiger partial charge on any atom is -0.478 e. The first-order valence-electron chi connectivity index (χ1n) is 7.81. The molecule has 0 unspecified atom stereocenters. The van der Waals surface area contributed by atoms with Crippen LogP contribution >= 0.6 is 0 Å². The molecule has 1 rings (SSSR count). The van der Waals surface area contributed by atoms with Crippen LogP contribution in [0.25, 0.3) is 0 Å². The van der Waals surface area contributed by atoms with Crippen LogP contribution in [0.15, 0.2) is 17.1 Å². The van der Waals surface area contributed by atoms with Gasteiger partial charge in [0.15, 0.2) is 0 Å². The summed E-state index contributed by atoms with van der Waals surface area (Å²) in [7, 11) is 0. The largest absolute Gasteiger partial charge is 0.478 e. The van der Waals surface area contributed by atoms with Gasteiger partial charge in [0.05, 0.1) is 16.9 Å². The van der Waals surface area contributed by atoms with Crippen LogP contribution in [0.2, 0.25) is 0 Å². The molecule has 1 aromatic carbocycles. The normalized spacial score (nSPS) is 12.0. The van der Waals surface area contributed by atoms with E-state index >= 15 is 0 Å². The first-order chi connectivity index (χ1) is 10.2. The second-order valence-corrected chi connectivity index (χ2v) is 6.43. The molecule has 0 spiro atoms. The molecule has 0 amide bonds. The number of carbonyl (C=O) groups is 1. The standard InChI is InChI=1S/C18H27NO3/c1-13-9-10-15(17(20)21)16(14(13)2)19-12-8-6-5-7-11-18(3,4)22/h9-10,12,22H,5-8,11H2,1-4H3,(H,20,21). The first-order valence-corrected chi connectivity index (χ1v) is 7.81. The monoisotopic (exact) mass is 305 g/mol. The number of aromatic carboxylic acids is 1. The van der Waals surface area contributed by atoms with Crippen LogP contribution in [0.5, 0.6) is 0 Å². The highest BCUT2D eigenvalue weighted by Crippen LogP contribution is 2.26. The van der Waals surface area contributed by atoms with E-state index in [1.165, 1.54) is 0 Å². The Balaban J connectivity index is 2.56. The van der Waals surface area contributed by atoms with Crippen molar-refractivity contribution in [3.05, 3.63) is 28.8 Å². The molecule has 0 aliphatic heterocycles. The molecule has 0 saturated heterocycles. The average Bonchev–Trinajstić information content (AvgIpc) is 2.40.